The summed E-state index contributed by atoms with van der Waals surface area (Å²) in [6.07, 6.45) is 7.77. The van der Waals surface area contributed by atoms with E-state index in [1.807, 2.05) is 35.5 Å². The van der Waals surface area contributed by atoms with Crippen LogP contribution in [0, 0.1) is 0 Å². The molecule has 0 aliphatic carbocycles. The number of nitrogens with zero attached hydrogens (tertiary/aromatic N) is 3. The van der Waals surface area contributed by atoms with Crippen LogP contribution in [0.25, 0.3) is 0 Å². The van der Waals surface area contributed by atoms with Crippen LogP contribution in [0.1, 0.15) is 40.6 Å². The van der Waals surface area contributed by atoms with Crippen molar-refractivity contribution >= 4 is 5.91 Å². The van der Waals surface area contributed by atoms with E-state index in [-0.39, 0.29) is 11.8 Å². The molecule has 4 rings (SSSR count). The van der Waals surface area contributed by atoms with Crippen LogP contribution in [0.5, 0.6) is 0 Å². The van der Waals surface area contributed by atoms with E-state index in [4.69, 9.17) is 0 Å². The van der Waals surface area contributed by atoms with Crippen LogP contribution in [-0.4, -0.2) is 38.4 Å². The molecule has 0 radical (unpaired) electrons. The Morgan fingerprint density at radius 2 is 2.08 bits per heavy atom. The summed E-state index contributed by atoms with van der Waals surface area (Å²) in [7, 11) is 0. The van der Waals surface area contributed by atoms with Crippen molar-refractivity contribution in [1.29, 1.82) is 0 Å². The van der Waals surface area contributed by atoms with E-state index in [0.29, 0.717) is 5.69 Å². The van der Waals surface area contributed by atoms with Crippen LogP contribution >= 0.6 is 0 Å². The Morgan fingerprint density at radius 3 is 2.88 bits per heavy atom. The third kappa shape index (κ3) is 3.36. The van der Waals surface area contributed by atoms with E-state index in [9.17, 15) is 4.79 Å². The minimum atomic E-state index is 0.0795. The monoisotopic (exact) mass is 334 g/mol. The minimum Gasteiger partial charge on any atom is -0.357 e. The molecule has 1 atom stereocenters. The van der Waals surface area contributed by atoms with Crippen molar-refractivity contribution in [1.82, 2.24) is 19.4 Å². The second-order valence-corrected chi connectivity index (χ2v) is 6.57. The smallest absolute Gasteiger partial charge is 0.270 e. The standard InChI is InChI=1S/C20H22N4O/c25-20(18-9-4-10-21-18)24-12-5-8-17(15-24)19-22-11-13-23(19)14-16-6-2-1-3-7-16/h1-4,6-7,9-11,13,17,21H,5,8,12,14-15H2. The molecule has 5 heteroatoms. The lowest BCUT2D eigenvalue weighted by atomic mass is 9.96. The molecule has 1 aliphatic heterocycles. The molecule has 1 saturated heterocycles. The van der Waals surface area contributed by atoms with E-state index >= 15 is 0 Å². The number of piperidine rings is 1. The summed E-state index contributed by atoms with van der Waals surface area (Å²) >= 11 is 0. The van der Waals surface area contributed by atoms with Crippen molar-refractivity contribution in [2.45, 2.75) is 25.3 Å². The lowest BCUT2D eigenvalue weighted by Gasteiger charge is -2.32. The fraction of sp³-hybridized carbons (Fsp3) is 0.300. The average molecular weight is 334 g/mol. The summed E-state index contributed by atoms with van der Waals surface area (Å²) in [6.45, 7) is 2.36. The van der Waals surface area contributed by atoms with Crippen LogP contribution in [0.4, 0.5) is 0 Å². The van der Waals surface area contributed by atoms with Crippen LogP contribution < -0.4 is 0 Å². The predicted octanol–water partition coefficient (Wildman–Crippen LogP) is 3.28. The molecular weight excluding hydrogens is 312 g/mol. The maximum Gasteiger partial charge on any atom is 0.270 e. The zero-order valence-electron chi connectivity index (χ0n) is 14.1. The molecule has 0 spiro atoms. The zero-order chi connectivity index (χ0) is 17.1. The van der Waals surface area contributed by atoms with Gasteiger partial charge in [0.2, 0.25) is 0 Å². The third-order valence-electron chi connectivity index (χ3n) is 4.85. The summed E-state index contributed by atoms with van der Waals surface area (Å²) < 4.78 is 2.21. The van der Waals surface area contributed by atoms with Gasteiger partial charge in [0.15, 0.2) is 0 Å². The van der Waals surface area contributed by atoms with Gasteiger partial charge in [-0.1, -0.05) is 30.3 Å². The van der Waals surface area contributed by atoms with Crippen molar-refractivity contribution in [3.05, 3.63) is 78.1 Å². The van der Waals surface area contributed by atoms with Crippen molar-refractivity contribution in [2.75, 3.05) is 13.1 Å². The number of carbonyl (C=O) groups excluding carboxylic acids is 1. The van der Waals surface area contributed by atoms with Gasteiger partial charge in [-0.05, 0) is 30.5 Å². The molecule has 1 N–H and O–H groups in total. The SMILES string of the molecule is O=C(c1ccc[nH]1)N1CCCC(c2nccn2Cc2ccccc2)C1. The fourth-order valence-corrected chi connectivity index (χ4v) is 3.60. The zero-order valence-corrected chi connectivity index (χ0v) is 14.1. The van der Waals surface area contributed by atoms with Gasteiger partial charge in [-0.3, -0.25) is 4.79 Å². The number of nitrogens with one attached hydrogen (secondary N) is 1. The lowest BCUT2D eigenvalue weighted by Crippen LogP contribution is -2.40. The Labute approximate surface area is 147 Å². The largest absolute Gasteiger partial charge is 0.357 e. The first kappa shape index (κ1) is 15.7. The van der Waals surface area contributed by atoms with Gasteiger partial charge in [-0.25, -0.2) is 4.98 Å². The minimum absolute atomic E-state index is 0.0795. The summed E-state index contributed by atoms with van der Waals surface area (Å²) in [5.74, 6) is 1.44. The highest BCUT2D eigenvalue weighted by Crippen LogP contribution is 2.27. The number of hydrogen-bond acceptors (Lipinski definition) is 2. The number of aromatic amines is 1. The first-order valence-corrected chi connectivity index (χ1v) is 8.79. The number of H-pyrrole nitrogens is 1. The van der Waals surface area contributed by atoms with Gasteiger partial charge in [-0.2, -0.15) is 0 Å². The van der Waals surface area contributed by atoms with Crippen LogP contribution in [-0.2, 0) is 6.54 Å². The van der Waals surface area contributed by atoms with Crippen LogP contribution in [0.2, 0.25) is 0 Å². The van der Waals surface area contributed by atoms with Gasteiger partial charge in [0.05, 0.1) is 0 Å². The first-order chi connectivity index (χ1) is 12.3. The molecule has 1 amide bonds. The quantitative estimate of drug-likeness (QED) is 0.796. The number of carbonyl (C=O) groups is 1. The van der Waals surface area contributed by atoms with Gasteiger partial charge in [0.25, 0.3) is 5.91 Å². The van der Waals surface area contributed by atoms with Crippen LogP contribution in [0.15, 0.2) is 61.1 Å². The molecule has 1 unspecified atom stereocenters. The topological polar surface area (TPSA) is 53.9 Å². The Kier molecular flexibility index (Phi) is 4.37. The van der Waals surface area contributed by atoms with Gasteiger partial charge in [-0.15, -0.1) is 0 Å². The summed E-state index contributed by atoms with van der Waals surface area (Å²) in [5, 5.41) is 0. The molecular formula is C20H22N4O. The highest BCUT2D eigenvalue weighted by Gasteiger charge is 2.28. The summed E-state index contributed by atoms with van der Waals surface area (Å²) in [6, 6.07) is 14.1. The third-order valence-corrected chi connectivity index (χ3v) is 4.85. The fourth-order valence-electron chi connectivity index (χ4n) is 3.60. The Bertz CT molecular complexity index is 823. The first-order valence-electron chi connectivity index (χ1n) is 8.79. The molecule has 0 bridgehead atoms. The number of imidazole rings is 1. The second kappa shape index (κ2) is 6.97. The molecule has 3 heterocycles. The molecule has 3 aromatic rings. The number of likely N-dealkylation sites (tertiary alicyclic amines) is 1. The molecule has 1 fully saturated rings. The van der Waals surface area contributed by atoms with Gasteiger partial charge in [0, 0.05) is 44.1 Å². The van der Waals surface area contributed by atoms with Gasteiger partial charge >= 0.3 is 0 Å². The van der Waals surface area contributed by atoms with E-state index in [1.54, 1.807) is 6.20 Å². The molecule has 0 saturated carbocycles. The predicted molar refractivity (Wildman–Crippen MR) is 96.4 cm³/mol. The molecule has 1 aliphatic rings. The van der Waals surface area contributed by atoms with E-state index in [0.717, 1.165) is 38.3 Å². The number of aromatic nitrogens is 3. The number of rotatable bonds is 4. The molecule has 1 aromatic carbocycles. The maximum atomic E-state index is 12.6. The Balaban J connectivity index is 1.50. The van der Waals surface area contributed by atoms with E-state index in [2.05, 4.69) is 38.8 Å². The highest BCUT2D eigenvalue weighted by molar-refractivity contribution is 5.92. The molecule has 2 aromatic heterocycles. The molecule has 25 heavy (non-hydrogen) atoms. The van der Waals surface area contributed by atoms with Gasteiger partial charge < -0.3 is 14.5 Å². The molecule has 5 nitrogen and oxygen atoms in total. The lowest BCUT2D eigenvalue weighted by molar-refractivity contribution is 0.0698. The van der Waals surface area contributed by atoms with Crippen molar-refractivity contribution < 1.29 is 4.79 Å². The number of hydrogen-bond donors (Lipinski definition) is 1. The summed E-state index contributed by atoms with van der Waals surface area (Å²) in [4.78, 5) is 22.2. The van der Waals surface area contributed by atoms with Gasteiger partial charge in [0.1, 0.15) is 11.5 Å². The average Bonchev–Trinajstić information content (AvgIpc) is 3.34. The molecule has 128 valence electrons. The van der Waals surface area contributed by atoms with E-state index < -0.39 is 0 Å². The summed E-state index contributed by atoms with van der Waals surface area (Å²) in [5.41, 5.74) is 1.92. The van der Waals surface area contributed by atoms with Crippen LogP contribution in [0.3, 0.4) is 0 Å². The second-order valence-electron chi connectivity index (χ2n) is 6.57. The van der Waals surface area contributed by atoms with Crippen molar-refractivity contribution in [2.24, 2.45) is 0 Å². The normalized spacial score (nSPS) is 17.6. The highest BCUT2D eigenvalue weighted by atomic mass is 16.2. The van der Waals surface area contributed by atoms with Crippen molar-refractivity contribution in [3.63, 3.8) is 0 Å². The Morgan fingerprint density at radius 1 is 1.20 bits per heavy atom. The van der Waals surface area contributed by atoms with Crippen molar-refractivity contribution in [3.8, 4) is 0 Å². The Hall–Kier alpha value is -2.82. The number of amides is 1. The number of benzene rings is 1. The maximum absolute atomic E-state index is 12.6. The van der Waals surface area contributed by atoms with E-state index in [1.165, 1.54) is 5.56 Å².